The SMILES string of the molecule is c1ccc(-c2nc(-c3ccccc3)nc(-c3cccc4c3sc3c(-c5ccc(-c6ccc7c(c6)oc6ccccc67)c6oc7ccccc7c56)cccc34)n2)cc1. The van der Waals surface area contributed by atoms with Crippen molar-refractivity contribution in [2.75, 3.05) is 0 Å². The van der Waals surface area contributed by atoms with Crippen molar-refractivity contribution in [2.45, 2.75) is 0 Å². The van der Waals surface area contributed by atoms with Gasteiger partial charge in [-0.15, -0.1) is 11.3 Å². The van der Waals surface area contributed by atoms with E-state index in [0.29, 0.717) is 17.5 Å². The lowest BCUT2D eigenvalue weighted by molar-refractivity contribution is 0.668. The lowest BCUT2D eigenvalue weighted by Crippen LogP contribution is -2.00. The predicted octanol–water partition coefficient (Wildman–Crippen LogP) is 14.4. The zero-order valence-corrected chi connectivity index (χ0v) is 31.1. The van der Waals surface area contributed by atoms with Crippen molar-refractivity contribution in [3.8, 4) is 56.4 Å². The molecule has 0 fully saturated rings. The summed E-state index contributed by atoms with van der Waals surface area (Å²) in [6.45, 7) is 0. The largest absolute Gasteiger partial charge is 0.456 e. The second-order valence-electron chi connectivity index (χ2n) is 14.3. The first-order chi connectivity index (χ1) is 28.2. The number of rotatable bonds is 5. The highest BCUT2D eigenvalue weighted by atomic mass is 32.1. The molecule has 4 heterocycles. The van der Waals surface area contributed by atoms with Gasteiger partial charge in [0.15, 0.2) is 17.5 Å². The van der Waals surface area contributed by atoms with E-state index in [1.165, 1.54) is 15.5 Å². The van der Waals surface area contributed by atoms with Gasteiger partial charge in [-0.2, -0.15) is 0 Å². The van der Waals surface area contributed by atoms with Crippen LogP contribution in [0.15, 0.2) is 185 Å². The predicted molar refractivity (Wildman–Crippen MR) is 234 cm³/mol. The Morgan fingerprint density at radius 1 is 0.333 bits per heavy atom. The fourth-order valence-electron chi connectivity index (χ4n) is 8.31. The molecule has 57 heavy (non-hydrogen) atoms. The van der Waals surface area contributed by atoms with E-state index in [-0.39, 0.29) is 0 Å². The molecule has 0 spiro atoms. The van der Waals surface area contributed by atoms with Crippen LogP contribution in [0.5, 0.6) is 0 Å². The summed E-state index contributed by atoms with van der Waals surface area (Å²) < 4.78 is 15.4. The molecule has 12 rings (SSSR count). The van der Waals surface area contributed by atoms with Crippen LogP contribution in [0.2, 0.25) is 0 Å². The van der Waals surface area contributed by atoms with Crippen molar-refractivity contribution >= 4 is 75.4 Å². The van der Waals surface area contributed by atoms with Crippen molar-refractivity contribution in [2.24, 2.45) is 0 Å². The molecule has 0 aliphatic rings. The monoisotopic (exact) mass is 747 g/mol. The van der Waals surface area contributed by atoms with E-state index in [2.05, 4.69) is 97.1 Å². The van der Waals surface area contributed by atoms with Gasteiger partial charge in [-0.25, -0.2) is 15.0 Å². The number of hydrogen-bond acceptors (Lipinski definition) is 6. The lowest BCUT2D eigenvalue weighted by Gasteiger charge is -2.09. The molecule has 0 aliphatic heterocycles. The van der Waals surface area contributed by atoms with Crippen LogP contribution in [0.25, 0.3) is 120 Å². The van der Waals surface area contributed by atoms with Crippen LogP contribution in [-0.2, 0) is 0 Å². The minimum Gasteiger partial charge on any atom is -0.456 e. The van der Waals surface area contributed by atoms with Crippen molar-refractivity contribution in [1.29, 1.82) is 0 Å². The van der Waals surface area contributed by atoms with Crippen LogP contribution in [0.3, 0.4) is 0 Å². The first kappa shape index (κ1) is 31.9. The maximum atomic E-state index is 6.76. The summed E-state index contributed by atoms with van der Waals surface area (Å²) in [6, 6.07) is 60.8. The highest BCUT2D eigenvalue weighted by Crippen LogP contribution is 2.48. The summed E-state index contributed by atoms with van der Waals surface area (Å²) in [7, 11) is 0. The molecule has 12 aromatic rings. The minimum atomic E-state index is 0.645. The fourth-order valence-corrected chi connectivity index (χ4v) is 9.65. The zero-order chi connectivity index (χ0) is 37.5. The van der Waals surface area contributed by atoms with E-state index in [0.717, 1.165) is 87.5 Å². The maximum Gasteiger partial charge on any atom is 0.165 e. The van der Waals surface area contributed by atoms with Gasteiger partial charge in [0.25, 0.3) is 0 Å². The van der Waals surface area contributed by atoms with Gasteiger partial charge in [0.2, 0.25) is 0 Å². The van der Waals surface area contributed by atoms with Crippen LogP contribution in [-0.4, -0.2) is 15.0 Å². The summed E-state index contributed by atoms with van der Waals surface area (Å²) in [5, 5.41) is 6.76. The maximum absolute atomic E-state index is 6.76. The standard InChI is InChI=1S/C51H29N3O2S/c1-3-13-30(14-4-1)49-52-50(31-15-5-2-6-16-31)54-51(53-49)41-22-12-21-39-38-20-11-19-37(47(38)57-48(39)41)36-28-27-33(46-45(36)40-18-8-10-24-43(40)56-46)32-25-26-35-34-17-7-9-23-42(34)55-44(35)29-32/h1-29H. The van der Waals surface area contributed by atoms with Crippen LogP contribution in [0.4, 0.5) is 0 Å². The second kappa shape index (κ2) is 12.6. The van der Waals surface area contributed by atoms with E-state index in [4.69, 9.17) is 23.8 Å². The molecule has 0 saturated heterocycles. The molecule has 0 atom stereocenters. The number of aromatic nitrogens is 3. The van der Waals surface area contributed by atoms with Gasteiger partial charge in [-0.1, -0.05) is 140 Å². The average molecular weight is 748 g/mol. The van der Waals surface area contributed by atoms with Gasteiger partial charge in [-0.05, 0) is 47.5 Å². The number of thiophene rings is 1. The van der Waals surface area contributed by atoms with E-state index in [1.807, 2.05) is 78.9 Å². The molecule has 0 unspecified atom stereocenters. The molecule has 0 saturated carbocycles. The summed E-state index contributed by atoms with van der Waals surface area (Å²) in [6.07, 6.45) is 0. The number of furan rings is 2. The highest BCUT2D eigenvalue weighted by Gasteiger charge is 2.22. The second-order valence-corrected chi connectivity index (χ2v) is 15.3. The first-order valence-electron chi connectivity index (χ1n) is 18.9. The topological polar surface area (TPSA) is 65.0 Å². The Kier molecular flexibility index (Phi) is 7.03. The summed E-state index contributed by atoms with van der Waals surface area (Å²) >= 11 is 1.78. The van der Waals surface area contributed by atoms with Crippen molar-refractivity contribution in [3.05, 3.63) is 176 Å². The van der Waals surface area contributed by atoms with E-state index >= 15 is 0 Å². The van der Waals surface area contributed by atoms with Crippen LogP contribution in [0.1, 0.15) is 0 Å². The van der Waals surface area contributed by atoms with Gasteiger partial charge < -0.3 is 8.83 Å². The minimum absolute atomic E-state index is 0.645. The molecule has 4 aromatic heterocycles. The van der Waals surface area contributed by atoms with E-state index < -0.39 is 0 Å². The van der Waals surface area contributed by atoms with Gasteiger partial charge in [-0.3, -0.25) is 0 Å². The Bertz CT molecular complexity index is 3470. The van der Waals surface area contributed by atoms with Crippen molar-refractivity contribution in [3.63, 3.8) is 0 Å². The highest BCUT2D eigenvalue weighted by molar-refractivity contribution is 7.26. The van der Waals surface area contributed by atoms with Crippen LogP contribution >= 0.6 is 11.3 Å². The Morgan fingerprint density at radius 2 is 0.877 bits per heavy atom. The van der Waals surface area contributed by atoms with Gasteiger partial charge in [0, 0.05) is 69.5 Å². The molecule has 266 valence electrons. The van der Waals surface area contributed by atoms with Crippen LogP contribution in [0, 0.1) is 0 Å². The first-order valence-corrected chi connectivity index (χ1v) is 19.7. The molecule has 0 bridgehead atoms. The Labute approximate surface area is 330 Å². The lowest BCUT2D eigenvalue weighted by atomic mass is 9.93. The van der Waals surface area contributed by atoms with Gasteiger partial charge >= 0.3 is 0 Å². The summed E-state index contributed by atoms with van der Waals surface area (Å²) in [4.78, 5) is 15.2. The normalized spacial score (nSPS) is 11.9. The third-order valence-corrected chi connectivity index (χ3v) is 12.3. The number of hydrogen-bond donors (Lipinski definition) is 0. The number of nitrogens with zero attached hydrogens (tertiary/aromatic N) is 3. The summed E-state index contributed by atoms with van der Waals surface area (Å²) in [5.41, 5.74) is 10.7. The molecule has 6 heteroatoms. The zero-order valence-electron chi connectivity index (χ0n) is 30.3. The van der Waals surface area contributed by atoms with Crippen LogP contribution < -0.4 is 0 Å². The Balaban J connectivity index is 1.07. The van der Waals surface area contributed by atoms with Gasteiger partial charge in [0.1, 0.15) is 22.3 Å². The smallest absolute Gasteiger partial charge is 0.165 e. The van der Waals surface area contributed by atoms with E-state index in [9.17, 15) is 0 Å². The quantitative estimate of drug-likeness (QED) is 0.175. The molecule has 0 aliphatic carbocycles. The number of para-hydroxylation sites is 2. The molecular formula is C51H29N3O2S. The third-order valence-electron chi connectivity index (χ3n) is 11.0. The Morgan fingerprint density at radius 3 is 1.60 bits per heavy atom. The molecule has 0 radical (unpaired) electrons. The Hall–Kier alpha value is -7.41. The molecule has 0 amide bonds. The van der Waals surface area contributed by atoms with E-state index in [1.54, 1.807) is 11.3 Å². The summed E-state index contributed by atoms with van der Waals surface area (Å²) in [5.74, 6) is 1.94. The average Bonchev–Trinajstić information content (AvgIpc) is 3.98. The molecular weight excluding hydrogens is 719 g/mol. The van der Waals surface area contributed by atoms with Crippen molar-refractivity contribution < 1.29 is 8.83 Å². The van der Waals surface area contributed by atoms with Gasteiger partial charge in [0.05, 0.1) is 0 Å². The van der Waals surface area contributed by atoms with Crippen molar-refractivity contribution in [1.82, 2.24) is 15.0 Å². The third kappa shape index (κ3) is 5.04. The molecule has 0 N–H and O–H groups in total. The fraction of sp³-hybridized carbons (Fsp3) is 0. The molecule has 5 nitrogen and oxygen atoms in total. The number of fused-ring (bicyclic) bond motifs is 9. The molecule has 8 aromatic carbocycles. The number of benzene rings is 8.